The topological polar surface area (TPSA) is 29.5 Å². The van der Waals surface area contributed by atoms with Gasteiger partial charge < -0.3 is 9.84 Å². The van der Waals surface area contributed by atoms with E-state index in [-0.39, 0.29) is 6.61 Å². The molecule has 0 aliphatic rings. The van der Waals surface area contributed by atoms with Crippen LogP contribution in [0, 0.1) is 0 Å². The average molecular weight is 318 g/mol. The van der Waals surface area contributed by atoms with E-state index in [1.165, 1.54) is 0 Å². The summed E-state index contributed by atoms with van der Waals surface area (Å²) in [7, 11) is 0. The molecule has 0 heterocycles. The third kappa shape index (κ3) is 3.77. The second-order valence-electron chi connectivity index (χ2n) is 3.95. The lowest BCUT2D eigenvalue weighted by atomic mass is 10.2. The summed E-state index contributed by atoms with van der Waals surface area (Å²) in [6, 6.07) is 10.5. The summed E-state index contributed by atoms with van der Waals surface area (Å²) in [6.07, 6.45) is 0. The number of halogens is 3. The fourth-order valence-electron chi connectivity index (χ4n) is 1.63. The van der Waals surface area contributed by atoms with Crippen molar-refractivity contribution in [2.75, 3.05) is 0 Å². The molecule has 2 aromatic rings. The van der Waals surface area contributed by atoms with Crippen molar-refractivity contribution in [1.29, 1.82) is 0 Å². The number of hydrogen-bond acceptors (Lipinski definition) is 2. The molecule has 2 nitrogen and oxygen atoms in total. The highest BCUT2D eigenvalue weighted by Crippen LogP contribution is 2.33. The quantitative estimate of drug-likeness (QED) is 0.884. The summed E-state index contributed by atoms with van der Waals surface area (Å²) < 4.78 is 5.65. The molecule has 2 rings (SSSR count). The number of ether oxygens (including phenoxy) is 1. The number of aliphatic hydroxyl groups is 1. The Morgan fingerprint density at radius 1 is 0.947 bits per heavy atom. The van der Waals surface area contributed by atoms with Gasteiger partial charge in [-0.05, 0) is 29.8 Å². The first-order chi connectivity index (χ1) is 9.10. The summed E-state index contributed by atoms with van der Waals surface area (Å²) in [4.78, 5) is 0. The minimum Gasteiger partial charge on any atom is -0.487 e. The fraction of sp³-hybridized carbons (Fsp3) is 0.143. The van der Waals surface area contributed by atoms with E-state index in [4.69, 9.17) is 39.5 Å². The minimum absolute atomic E-state index is 0.184. The summed E-state index contributed by atoms with van der Waals surface area (Å²) in [5.41, 5.74) is 1.52. The van der Waals surface area contributed by atoms with E-state index in [9.17, 15) is 5.11 Å². The predicted molar refractivity (Wildman–Crippen MR) is 78.2 cm³/mol. The van der Waals surface area contributed by atoms with Gasteiger partial charge >= 0.3 is 0 Å². The SMILES string of the molecule is OCc1cc(Cl)cc(Cl)c1OCc1ccc(Cl)cc1. The van der Waals surface area contributed by atoms with Crippen LogP contribution in [0.15, 0.2) is 36.4 Å². The van der Waals surface area contributed by atoms with Crippen molar-refractivity contribution in [3.63, 3.8) is 0 Å². The van der Waals surface area contributed by atoms with Gasteiger partial charge in [-0.1, -0.05) is 46.9 Å². The van der Waals surface area contributed by atoms with Gasteiger partial charge in [0, 0.05) is 15.6 Å². The molecule has 0 aromatic heterocycles. The van der Waals surface area contributed by atoms with Crippen LogP contribution in [0.2, 0.25) is 15.1 Å². The van der Waals surface area contributed by atoms with Gasteiger partial charge in [0.2, 0.25) is 0 Å². The molecule has 0 saturated heterocycles. The molecule has 1 N–H and O–H groups in total. The lowest BCUT2D eigenvalue weighted by Crippen LogP contribution is -1.99. The number of hydrogen-bond donors (Lipinski definition) is 1. The zero-order valence-electron chi connectivity index (χ0n) is 9.87. The minimum atomic E-state index is -0.184. The molecule has 5 heteroatoms. The second kappa shape index (κ2) is 6.49. The Morgan fingerprint density at radius 3 is 2.26 bits per heavy atom. The van der Waals surface area contributed by atoms with Crippen molar-refractivity contribution >= 4 is 34.8 Å². The van der Waals surface area contributed by atoms with Gasteiger partial charge in [-0.2, -0.15) is 0 Å². The Bertz CT molecular complexity index is 568. The third-order valence-electron chi connectivity index (χ3n) is 2.55. The molecule has 100 valence electrons. The molecule has 0 bridgehead atoms. The van der Waals surface area contributed by atoms with Crippen molar-refractivity contribution in [2.45, 2.75) is 13.2 Å². The van der Waals surface area contributed by atoms with E-state index < -0.39 is 0 Å². The van der Waals surface area contributed by atoms with Crippen molar-refractivity contribution in [3.8, 4) is 5.75 Å². The zero-order chi connectivity index (χ0) is 13.8. The van der Waals surface area contributed by atoms with Crippen LogP contribution in [0.25, 0.3) is 0 Å². The van der Waals surface area contributed by atoms with Gasteiger partial charge in [0.25, 0.3) is 0 Å². The molecule has 2 aromatic carbocycles. The number of benzene rings is 2. The highest BCUT2D eigenvalue weighted by Gasteiger charge is 2.10. The van der Waals surface area contributed by atoms with Crippen LogP contribution in [-0.2, 0) is 13.2 Å². The number of aliphatic hydroxyl groups excluding tert-OH is 1. The summed E-state index contributed by atoms with van der Waals surface area (Å²) >= 11 is 17.7. The van der Waals surface area contributed by atoms with Gasteiger partial charge in [-0.25, -0.2) is 0 Å². The Hall–Kier alpha value is -0.930. The van der Waals surface area contributed by atoms with Crippen molar-refractivity contribution in [3.05, 3.63) is 62.6 Å². The Labute approximate surface area is 126 Å². The molecule has 0 aliphatic heterocycles. The van der Waals surface area contributed by atoms with E-state index >= 15 is 0 Å². The highest BCUT2D eigenvalue weighted by atomic mass is 35.5. The lowest BCUT2D eigenvalue weighted by Gasteiger charge is -2.12. The van der Waals surface area contributed by atoms with Crippen LogP contribution in [0.3, 0.4) is 0 Å². The standard InChI is InChI=1S/C14H11Cl3O2/c15-11-3-1-9(2-4-11)8-19-14-10(7-18)5-12(16)6-13(14)17/h1-6,18H,7-8H2. The molecule has 0 aliphatic carbocycles. The molecule has 0 amide bonds. The molecule has 0 radical (unpaired) electrons. The first-order valence-corrected chi connectivity index (χ1v) is 6.69. The van der Waals surface area contributed by atoms with E-state index in [1.54, 1.807) is 24.3 Å². The zero-order valence-corrected chi connectivity index (χ0v) is 12.1. The Balaban J connectivity index is 2.17. The van der Waals surface area contributed by atoms with Crippen molar-refractivity contribution in [1.82, 2.24) is 0 Å². The van der Waals surface area contributed by atoms with Gasteiger partial charge in [0.15, 0.2) is 0 Å². The van der Waals surface area contributed by atoms with Crippen LogP contribution in [0.1, 0.15) is 11.1 Å². The summed E-state index contributed by atoms with van der Waals surface area (Å²) in [5.74, 6) is 0.448. The van der Waals surface area contributed by atoms with Crippen LogP contribution >= 0.6 is 34.8 Å². The monoisotopic (exact) mass is 316 g/mol. The maximum Gasteiger partial charge on any atom is 0.144 e. The van der Waals surface area contributed by atoms with Gasteiger partial charge in [0.1, 0.15) is 12.4 Å². The normalized spacial score (nSPS) is 10.5. The fourth-order valence-corrected chi connectivity index (χ4v) is 2.34. The molecule has 0 saturated carbocycles. The van der Waals surface area contributed by atoms with E-state index in [0.717, 1.165) is 5.56 Å². The van der Waals surface area contributed by atoms with Crippen molar-refractivity contribution in [2.24, 2.45) is 0 Å². The van der Waals surface area contributed by atoms with Gasteiger partial charge in [0.05, 0.1) is 11.6 Å². The maximum atomic E-state index is 9.29. The van der Waals surface area contributed by atoms with Gasteiger partial charge in [-0.3, -0.25) is 0 Å². The van der Waals surface area contributed by atoms with Crippen LogP contribution in [0.4, 0.5) is 0 Å². The average Bonchev–Trinajstić information content (AvgIpc) is 2.39. The maximum absolute atomic E-state index is 9.29. The molecule has 0 atom stereocenters. The molecule has 19 heavy (non-hydrogen) atoms. The molecule has 0 spiro atoms. The molecular weight excluding hydrogens is 307 g/mol. The van der Waals surface area contributed by atoms with E-state index in [2.05, 4.69) is 0 Å². The van der Waals surface area contributed by atoms with Crippen molar-refractivity contribution < 1.29 is 9.84 Å². The predicted octanol–water partition coefficient (Wildman–Crippen LogP) is 4.72. The lowest BCUT2D eigenvalue weighted by molar-refractivity contribution is 0.259. The molecular formula is C14H11Cl3O2. The summed E-state index contributed by atoms with van der Waals surface area (Å²) in [5, 5.41) is 10.8. The largest absolute Gasteiger partial charge is 0.487 e. The van der Waals surface area contributed by atoms with Gasteiger partial charge in [-0.15, -0.1) is 0 Å². The first-order valence-electron chi connectivity index (χ1n) is 5.56. The Kier molecular flexibility index (Phi) is 4.94. The number of rotatable bonds is 4. The molecule has 0 fully saturated rings. The second-order valence-corrected chi connectivity index (χ2v) is 5.23. The van der Waals surface area contributed by atoms with Crippen LogP contribution in [-0.4, -0.2) is 5.11 Å². The van der Waals surface area contributed by atoms with E-state index in [1.807, 2.05) is 12.1 Å². The first kappa shape index (κ1) is 14.5. The smallest absolute Gasteiger partial charge is 0.144 e. The van der Waals surface area contributed by atoms with Crippen LogP contribution < -0.4 is 4.74 Å². The molecule has 0 unspecified atom stereocenters. The Morgan fingerprint density at radius 2 is 1.63 bits per heavy atom. The summed E-state index contributed by atoms with van der Waals surface area (Å²) in [6.45, 7) is 0.155. The van der Waals surface area contributed by atoms with Crippen LogP contribution in [0.5, 0.6) is 5.75 Å². The van der Waals surface area contributed by atoms with E-state index in [0.29, 0.717) is 33.0 Å². The third-order valence-corrected chi connectivity index (χ3v) is 3.30. The highest BCUT2D eigenvalue weighted by molar-refractivity contribution is 6.35.